The Bertz CT molecular complexity index is 1200. The highest BCUT2D eigenvalue weighted by atomic mass is 35.5. The summed E-state index contributed by atoms with van der Waals surface area (Å²) >= 11 is 8.37. The first-order chi connectivity index (χ1) is 10.9. The van der Waals surface area contributed by atoms with E-state index in [4.69, 9.17) is 11.6 Å². The Balaban J connectivity index is 1.80. The average molecular weight is 386 g/mol. The number of thiazole rings is 2. The van der Waals surface area contributed by atoms with E-state index in [1.54, 1.807) is 29.8 Å². The number of H-pyrrole nitrogens is 1. The van der Waals surface area contributed by atoms with E-state index in [0.29, 0.717) is 16.0 Å². The summed E-state index contributed by atoms with van der Waals surface area (Å²) < 4.78 is 27.7. The van der Waals surface area contributed by atoms with Crippen LogP contribution in [0.1, 0.15) is 5.56 Å². The number of aromatic nitrogens is 3. The first-order valence-corrected chi connectivity index (χ1v) is 10.1. The zero-order valence-electron chi connectivity index (χ0n) is 11.3. The molecule has 0 atom stereocenters. The summed E-state index contributed by atoms with van der Waals surface area (Å²) in [4.78, 5) is 18.5. The molecule has 0 saturated heterocycles. The van der Waals surface area contributed by atoms with E-state index in [-0.39, 0.29) is 20.8 Å². The maximum Gasteiger partial charge on any atom is 0.305 e. The molecule has 6 nitrogen and oxygen atoms in total. The van der Waals surface area contributed by atoms with Gasteiger partial charge in [-0.05, 0) is 17.7 Å². The minimum Gasteiger partial charge on any atom is -0.312 e. The van der Waals surface area contributed by atoms with Crippen molar-refractivity contribution in [3.05, 3.63) is 50.2 Å². The highest BCUT2D eigenvalue weighted by molar-refractivity contribution is 7.90. The number of hydrogen-bond acceptors (Lipinski definition) is 6. The van der Waals surface area contributed by atoms with Crippen LogP contribution in [0.4, 0.5) is 0 Å². The van der Waals surface area contributed by atoms with Gasteiger partial charge < -0.3 is 4.98 Å². The van der Waals surface area contributed by atoms with Crippen molar-refractivity contribution in [1.29, 1.82) is 0 Å². The molecule has 10 heteroatoms. The molecule has 0 aliphatic heterocycles. The molecule has 1 aromatic carbocycles. The van der Waals surface area contributed by atoms with Gasteiger partial charge in [0.2, 0.25) is 9.84 Å². The van der Waals surface area contributed by atoms with E-state index in [2.05, 4.69) is 9.97 Å². The van der Waals surface area contributed by atoms with Crippen LogP contribution in [0.15, 0.2) is 39.6 Å². The van der Waals surface area contributed by atoms with Crippen LogP contribution in [0.25, 0.3) is 15.2 Å². The SMILES string of the molecule is O=c1[nH]c2ccc(CS(=O)(=O)c3c(Cl)nc4sccn34)cc2s1. The Morgan fingerprint density at radius 2 is 2.17 bits per heavy atom. The lowest BCUT2D eigenvalue weighted by molar-refractivity contribution is 0.590. The highest BCUT2D eigenvalue weighted by Gasteiger charge is 2.25. The number of nitrogens with zero attached hydrogens (tertiary/aromatic N) is 2. The number of fused-ring (bicyclic) bond motifs is 2. The summed E-state index contributed by atoms with van der Waals surface area (Å²) in [5.74, 6) is -0.210. The molecule has 4 aromatic rings. The quantitative estimate of drug-likeness (QED) is 0.587. The summed E-state index contributed by atoms with van der Waals surface area (Å²) in [5, 5.41) is 1.73. The van der Waals surface area contributed by atoms with Gasteiger partial charge in [0.1, 0.15) is 0 Å². The minimum atomic E-state index is -3.67. The van der Waals surface area contributed by atoms with Gasteiger partial charge in [0.25, 0.3) is 0 Å². The molecule has 0 saturated carbocycles. The number of rotatable bonds is 3. The molecule has 0 spiro atoms. The zero-order chi connectivity index (χ0) is 16.2. The van der Waals surface area contributed by atoms with Crippen molar-refractivity contribution in [1.82, 2.24) is 14.4 Å². The molecule has 3 aromatic heterocycles. The molecule has 4 rings (SSSR count). The second-order valence-electron chi connectivity index (χ2n) is 4.87. The number of nitrogens with one attached hydrogen (secondary N) is 1. The van der Waals surface area contributed by atoms with Crippen LogP contribution in [0, 0.1) is 0 Å². The van der Waals surface area contributed by atoms with E-state index in [0.717, 1.165) is 16.0 Å². The Kier molecular flexibility index (Phi) is 3.34. The fourth-order valence-electron chi connectivity index (χ4n) is 2.38. The van der Waals surface area contributed by atoms with Gasteiger partial charge in [-0.15, -0.1) is 11.3 Å². The highest BCUT2D eigenvalue weighted by Crippen LogP contribution is 2.28. The maximum atomic E-state index is 12.7. The Hall–Kier alpha value is -1.68. The largest absolute Gasteiger partial charge is 0.312 e. The van der Waals surface area contributed by atoms with Crippen LogP contribution in [0.2, 0.25) is 5.15 Å². The van der Waals surface area contributed by atoms with Crippen molar-refractivity contribution < 1.29 is 8.42 Å². The second-order valence-corrected chi connectivity index (χ2v) is 9.02. The third kappa shape index (κ3) is 2.49. The van der Waals surface area contributed by atoms with Crippen LogP contribution in [0.5, 0.6) is 0 Å². The summed E-state index contributed by atoms with van der Waals surface area (Å²) in [6.45, 7) is 0. The smallest absolute Gasteiger partial charge is 0.305 e. The van der Waals surface area contributed by atoms with Gasteiger partial charge in [-0.1, -0.05) is 29.0 Å². The minimum absolute atomic E-state index is 0.00207. The fraction of sp³-hybridized carbons (Fsp3) is 0.0769. The van der Waals surface area contributed by atoms with Crippen molar-refractivity contribution in [2.45, 2.75) is 10.8 Å². The Morgan fingerprint density at radius 1 is 1.35 bits per heavy atom. The molecule has 0 aliphatic carbocycles. The van der Waals surface area contributed by atoms with E-state index in [1.807, 2.05) is 0 Å². The number of aromatic amines is 1. The van der Waals surface area contributed by atoms with Gasteiger partial charge in [0.15, 0.2) is 15.1 Å². The van der Waals surface area contributed by atoms with E-state index >= 15 is 0 Å². The monoisotopic (exact) mass is 385 g/mol. The van der Waals surface area contributed by atoms with Crippen molar-refractivity contribution in [2.75, 3.05) is 0 Å². The van der Waals surface area contributed by atoms with Crippen LogP contribution in [-0.4, -0.2) is 22.8 Å². The van der Waals surface area contributed by atoms with Gasteiger partial charge in [0.05, 0.1) is 16.0 Å². The number of benzene rings is 1. The lowest BCUT2D eigenvalue weighted by Gasteiger charge is -2.04. The van der Waals surface area contributed by atoms with Crippen LogP contribution < -0.4 is 4.87 Å². The number of halogens is 1. The van der Waals surface area contributed by atoms with E-state index in [9.17, 15) is 13.2 Å². The predicted molar refractivity (Wildman–Crippen MR) is 91.4 cm³/mol. The molecule has 23 heavy (non-hydrogen) atoms. The maximum absolute atomic E-state index is 12.7. The van der Waals surface area contributed by atoms with Crippen molar-refractivity contribution in [3.8, 4) is 0 Å². The molecule has 3 heterocycles. The summed E-state index contributed by atoms with van der Waals surface area (Å²) in [5.41, 5.74) is 1.29. The van der Waals surface area contributed by atoms with Crippen molar-refractivity contribution in [3.63, 3.8) is 0 Å². The topological polar surface area (TPSA) is 84.3 Å². The van der Waals surface area contributed by atoms with Gasteiger partial charge >= 0.3 is 4.87 Å². The van der Waals surface area contributed by atoms with Crippen molar-refractivity contribution >= 4 is 59.3 Å². The summed E-state index contributed by atoms with van der Waals surface area (Å²) in [6, 6.07) is 5.09. The Morgan fingerprint density at radius 3 is 3.00 bits per heavy atom. The first-order valence-electron chi connectivity index (χ1n) is 6.39. The first kappa shape index (κ1) is 14.9. The number of hydrogen-bond donors (Lipinski definition) is 1. The van der Waals surface area contributed by atoms with Gasteiger partial charge in [-0.3, -0.25) is 9.20 Å². The lowest BCUT2D eigenvalue weighted by atomic mass is 10.2. The molecule has 0 radical (unpaired) electrons. The zero-order valence-corrected chi connectivity index (χ0v) is 14.5. The third-order valence-electron chi connectivity index (χ3n) is 3.32. The standard InChI is InChI=1S/C13H8ClN3O3S3/c14-10-11(17-3-4-21-12(17)16-10)23(19,20)6-7-1-2-8-9(5-7)22-13(18)15-8/h1-5H,6H2,(H,15,18). The van der Waals surface area contributed by atoms with Crippen LogP contribution in [-0.2, 0) is 15.6 Å². The van der Waals surface area contributed by atoms with Crippen LogP contribution in [0.3, 0.4) is 0 Å². The van der Waals surface area contributed by atoms with Crippen LogP contribution >= 0.6 is 34.3 Å². The molecule has 0 amide bonds. The predicted octanol–water partition coefficient (Wildman–Crippen LogP) is 2.93. The van der Waals surface area contributed by atoms with Crippen molar-refractivity contribution in [2.24, 2.45) is 0 Å². The van der Waals surface area contributed by atoms with Gasteiger partial charge in [-0.2, -0.15) is 0 Å². The summed E-state index contributed by atoms with van der Waals surface area (Å²) in [7, 11) is -3.67. The Labute approximate surface area is 142 Å². The van der Waals surface area contributed by atoms with Gasteiger partial charge in [-0.25, -0.2) is 13.4 Å². The molecular formula is C13H8ClN3O3S3. The average Bonchev–Trinajstić information content (AvgIpc) is 3.10. The molecule has 118 valence electrons. The molecule has 0 aliphatic rings. The molecule has 0 fully saturated rings. The fourth-order valence-corrected chi connectivity index (χ4v) is 6.03. The number of imidazole rings is 1. The van der Waals surface area contributed by atoms with Gasteiger partial charge in [0, 0.05) is 11.6 Å². The molecule has 0 bridgehead atoms. The normalized spacial score (nSPS) is 12.4. The van der Waals surface area contributed by atoms with E-state index < -0.39 is 9.84 Å². The molecule has 0 unspecified atom stereocenters. The lowest BCUT2D eigenvalue weighted by Crippen LogP contribution is -2.08. The molecule has 1 N–H and O–H groups in total. The molecular weight excluding hydrogens is 378 g/mol. The van der Waals surface area contributed by atoms with E-state index in [1.165, 1.54) is 15.7 Å². The third-order valence-corrected chi connectivity index (χ3v) is 6.99. The summed E-state index contributed by atoms with van der Waals surface area (Å²) in [6.07, 6.45) is 1.63. The number of sulfone groups is 1. The second kappa shape index (κ2) is 5.17.